The van der Waals surface area contributed by atoms with Crippen molar-refractivity contribution in [1.82, 2.24) is 14.3 Å². The van der Waals surface area contributed by atoms with E-state index in [0.717, 1.165) is 37.4 Å². The van der Waals surface area contributed by atoms with Crippen molar-refractivity contribution >= 4 is 5.65 Å². The van der Waals surface area contributed by atoms with Gasteiger partial charge in [0, 0.05) is 38.6 Å². The van der Waals surface area contributed by atoms with Crippen LogP contribution in [0.3, 0.4) is 0 Å². The van der Waals surface area contributed by atoms with Crippen LogP contribution in [0, 0.1) is 12.3 Å². The van der Waals surface area contributed by atoms with Gasteiger partial charge in [-0.1, -0.05) is 26.8 Å². The van der Waals surface area contributed by atoms with Crippen LogP contribution in [0.2, 0.25) is 0 Å². The quantitative estimate of drug-likeness (QED) is 0.889. The molecule has 2 aromatic heterocycles. The zero-order valence-corrected chi connectivity index (χ0v) is 13.6. The van der Waals surface area contributed by atoms with E-state index >= 15 is 0 Å². The number of aromatic nitrogens is 2. The number of fused-ring (bicyclic) bond motifs is 1. The Bertz CT molecular complexity index is 583. The number of nitrogens with zero attached hydrogens (tertiary/aromatic N) is 3. The van der Waals surface area contributed by atoms with E-state index in [4.69, 9.17) is 10.1 Å². The van der Waals surface area contributed by atoms with E-state index in [1.54, 1.807) is 0 Å². The number of imidazole rings is 1. The summed E-state index contributed by atoms with van der Waals surface area (Å²) in [6.45, 7) is 11.8. The Morgan fingerprint density at radius 1 is 1.24 bits per heavy atom. The van der Waals surface area contributed by atoms with Crippen molar-refractivity contribution < 1.29 is 5.11 Å². The molecule has 0 aliphatic carbocycles. The first-order valence-electron chi connectivity index (χ1n) is 7.65. The standard InChI is InChI=1S/C17H27N3O/c1-14-6-7-16-18-15(12-20(16)10-14)11-19(8-5-9-21)13-17(2,3)4/h6-7,10,12,21H,5,8-9,11,13H2,1-4H3. The first-order valence-corrected chi connectivity index (χ1v) is 7.65. The van der Waals surface area contributed by atoms with Crippen molar-refractivity contribution in [3.05, 3.63) is 35.8 Å². The first kappa shape index (κ1) is 16.0. The fourth-order valence-corrected chi connectivity index (χ4v) is 2.64. The molecular weight excluding hydrogens is 262 g/mol. The highest BCUT2D eigenvalue weighted by molar-refractivity contribution is 5.41. The Kier molecular flexibility index (Phi) is 5.01. The maximum Gasteiger partial charge on any atom is 0.137 e. The summed E-state index contributed by atoms with van der Waals surface area (Å²) >= 11 is 0. The normalized spacial score (nSPS) is 12.5. The Morgan fingerprint density at radius 3 is 2.67 bits per heavy atom. The zero-order chi connectivity index (χ0) is 15.5. The van der Waals surface area contributed by atoms with Gasteiger partial charge in [0.15, 0.2) is 0 Å². The molecule has 0 aromatic carbocycles. The van der Waals surface area contributed by atoms with Crippen LogP contribution >= 0.6 is 0 Å². The summed E-state index contributed by atoms with van der Waals surface area (Å²) in [5, 5.41) is 9.08. The average molecular weight is 289 g/mol. The van der Waals surface area contributed by atoms with Crippen LogP contribution in [0.1, 0.15) is 38.4 Å². The van der Waals surface area contributed by atoms with Gasteiger partial charge in [0.1, 0.15) is 5.65 Å². The lowest BCUT2D eigenvalue weighted by molar-refractivity contribution is 0.165. The van der Waals surface area contributed by atoms with Crippen molar-refractivity contribution in [1.29, 1.82) is 0 Å². The number of pyridine rings is 1. The molecule has 0 amide bonds. The number of aliphatic hydroxyl groups excluding tert-OH is 1. The monoisotopic (exact) mass is 289 g/mol. The molecule has 116 valence electrons. The molecule has 2 heterocycles. The van der Waals surface area contributed by atoms with E-state index in [1.807, 2.05) is 0 Å². The molecule has 4 heteroatoms. The van der Waals surface area contributed by atoms with E-state index in [1.165, 1.54) is 5.56 Å². The van der Waals surface area contributed by atoms with E-state index in [0.29, 0.717) is 0 Å². The summed E-state index contributed by atoms with van der Waals surface area (Å²) in [7, 11) is 0. The van der Waals surface area contributed by atoms with Gasteiger partial charge in [-0.3, -0.25) is 4.90 Å². The van der Waals surface area contributed by atoms with Gasteiger partial charge >= 0.3 is 0 Å². The SMILES string of the molecule is Cc1ccc2nc(CN(CCCO)CC(C)(C)C)cn2c1. The third-order valence-electron chi connectivity index (χ3n) is 3.36. The minimum atomic E-state index is 0.241. The van der Waals surface area contributed by atoms with Gasteiger partial charge < -0.3 is 9.51 Å². The van der Waals surface area contributed by atoms with Crippen molar-refractivity contribution in [2.45, 2.75) is 40.7 Å². The second-order valence-electron chi connectivity index (χ2n) is 7.05. The van der Waals surface area contributed by atoms with Gasteiger partial charge in [-0.15, -0.1) is 0 Å². The largest absolute Gasteiger partial charge is 0.396 e. The molecule has 0 bridgehead atoms. The fraction of sp³-hybridized carbons (Fsp3) is 0.588. The van der Waals surface area contributed by atoms with Gasteiger partial charge in [0.25, 0.3) is 0 Å². The van der Waals surface area contributed by atoms with Crippen molar-refractivity contribution in [3.8, 4) is 0 Å². The molecule has 0 spiro atoms. The molecule has 1 N–H and O–H groups in total. The molecule has 2 aromatic rings. The Morgan fingerprint density at radius 2 is 2.00 bits per heavy atom. The molecule has 4 nitrogen and oxygen atoms in total. The van der Waals surface area contributed by atoms with Gasteiger partial charge in [0.2, 0.25) is 0 Å². The van der Waals surface area contributed by atoms with E-state index in [-0.39, 0.29) is 12.0 Å². The summed E-state index contributed by atoms with van der Waals surface area (Å²) in [6, 6.07) is 4.14. The Balaban J connectivity index is 2.13. The highest BCUT2D eigenvalue weighted by Gasteiger charge is 2.17. The van der Waals surface area contributed by atoms with Gasteiger partial charge in [0.05, 0.1) is 5.69 Å². The van der Waals surface area contributed by atoms with Crippen LogP contribution in [0.5, 0.6) is 0 Å². The topological polar surface area (TPSA) is 40.8 Å². The molecule has 0 unspecified atom stereocenters. The summed E-state index contributed by atoms with van der Waals surface area (Å²) in [5.74, 6) is 0. The molecule has 0 radical (unpaired) electrons. The molecule has 0 saturated heterocycles. The molecule has 21 heavy (non-hydrogen) atoms. The molecular formula is C17H27N3O. The summed E-state index contributed by atoms with van der Waals surface area (Å²) in [4.78, 5) is 7.07. The lowest BCUT2D eigenvalue weighted by Gasteiger charge is -2.29. The number of hydrogen-bond donors (Lipinski definition) is 1. The van der Waals surface area contributed by atoms with Crippen LogP contribution in [-0.2, 0) is 6.54 Å². The Labute approximate surface area is 127 Å². The lowest BCUT2D eigenvalue weighted by atomic mass is 9.96. The number of rotatable bonds is 6. The molecule has 0 saturated carbocycles. The second-order valence-corrected chi connectivity index (χ2v) is 7.05. The van der Waals surface area contributed by atoms with Crippen molar-refractivity contribution in [2.75, 3.05) is 19.7 Å². The maximum atomic E-state index is 9.08. The smallest absolute Gasteiger partial charge is 0.137 e. The molecule has 0 aliphatic rings. The number of aryl methyl sites for hydroxylation is 1. The first-order chi connectivity index (χ1) is 9.87. The highest BCUT2D eigenvalue weighted by Crippen LogP contribution is 2.17. The molecule has 0 atom stereocenters. The summed E-state index contributed by atoms with van der Waals surface area (Å²) in [6.07, 6.45) is 5.02. The predicted octanol–water partition coefficient (Wildman–Crippen LogP) is 2.87. The van der Waals surface area contributed by atoms with Crippen LogP contribution in [0.15, 0.2) is 24.5 Å². The van der Waals surface area contributed by atoms with Gasteiger partial charge in [-0.2, -0.15) is 0 Å². The number of aliphatic hydroxyl groups is 1. The number of hydrogen-bond acceptors (Lipinski definition) is 3. The zero-order valence-electron chi connectivity index (χ0n) is 13.6. The van der Waals surface area contributed by atoms with Gasteiger partial charge in [-0.25, -0.2) is 4.98 Å². The molecule has 0 fully saturated rings. The molecule has 0 aliphatic heterocycles. The predicted molar refractivity (Wildman–Crippen MR) is 86.4 cm³/mol. The second kappa shape index (κ2) is 6.58. The third kappa shape index (κ3) is 4.83. The molecule has 2 rings (SSSR count). The van der Waals surface area contributed by atoms with Crippen molar-refractivity contribution in [3.63, 3.8) is 0 Å². The fourth-order valence-electron chi connectivity index (χ4n) is 2.64. The van der Waals surface area contributed by atoms with E-state index in [9.17, 15) is 0 Å². The lowest BCUT2D eigenvalue weighted by Crippen LogP contribution is -2.33. The van der Waals surface area contributed by atoms with Crippen LogP contribution < -0.4 is 0 Å². The maximum absolute atomic E-state index is 9.08. The Hall–Kier alpha value is -1.39. The van der Waals surface area contributed by atoms with Crippen LogP contribution in [-0.4, -0.2) is 39.1 Å². The van der Waals surface area contributed by atoms with Crippen LogP contribution in [0.4, 0.5) is 0 Å². The summed E-state index contributed by atoms with van der Waals surface area (Å²) < 4.78 is 2.09. The minimum absolute atomic E-state index is 0.241. The average Bonchev–Trinajstić information content (AvgIpc) is 2.75. The summed E-state index contributed by atoms with van der Waals surface area (Å²) in [5.41, 5.74) is 3.56. The minimum Gasteiger partial charge on any atom is -0.396 e. The van der Waals surface area contributed by atoms with Crippen molar-refractivity contribution in [2.24, 2.45) is 5.41 Å². The van der Waals surface area contributed by atoms with Crippen LogP contribution in [0.25, 0.3) is 5.65 Å². The highest BCUT2D eigenvalue weighted by atomic mass is 16.3. The van der Waals surface area contributed by atoms with Gasteiger partial charge in [-0.05, 0) is 30.4 Å². The van der Waals surface area contributed by atoms with E-state index < -0.39 is 0 Å². The third-order valence-corrected chi connectivity index (χ3v) is 3.36. The van der Waals surface area contributed by atoms with E-state index in [2.05, 4.69) is 61.5 Å².